The Morgan fingerprint density at radius 2 is 1.81 bits per heavy atom. The van der Waals surface area contributed by atoms with E-state index in [9.17, 15) is 4.79 Å². The molecule has 0 fully saturated rings. The van der Waals surface area contributed by atoms with Crippen LogP contribution in [0, 0.1) is 6.92 Å². The molecule has 0 spiro atoms. The summed E-state index contributed by atoms with van der Waals surface area (Å²) in [6, 6.07) is 22.0. The number of hydrogen-bond acceptors (Lipinski definition) is 4. The van der Waals surface area contributed by atoms with E-state index in [4.69, 9.17) is 9.72 Å². The van der Waals surface area contributed by atoms with E-state index in [1.807, 2.05) is 36.4 Å². The van der Waals surface area contributed by atoms with Gasteiger partial charge in [-0.15, -0.1) is 11.3 Å². The van der Waals surface area contributed by atoms with Crippen LogP contribution in [0.4, 0.5) is 5.69 Å². The number of aromatic nitrogens is 1. The van der Waals surface area contributed by atoms with Crippen molar-refractivity contribution in [3.63, 3.8) is 0 Å². The SMILES string of the molecule is CC[C@H](C)c1ccc(OCC(=O)Nc2ccc(-c3nc4ccc(C)cc4s3)cc2)cc1. The van der Waals surface area contributed by atoms with Crippen LogP contribution in [0.5, 0.6) is 5.75 Å². The molecular formula is C26H26N2O2S. The van der Waals surface area contributed by atoms with Gasteiger partial charge in [-0.2, -0.15) is 0 Å². The van der Waals surface area contributed by atoms with Gasteiger partial charge in [-0.3, -0.25) is 4.79 Å². The van der Waals surface area contributed by atoms with Gasteiger partial charge in [-0.05, 0) is 78.9 Å². The third-order valence-electron chi connectivity index (χ3n) is 5.39. The lowest BCUT2D eigenvalue weighted by atomic mass is 9.99. The van der Waals surface area contributed by atoms with Crippen LogP contribution in [0.25, 0.3) is 20.8 Å². The molecule has 1 N–H and O–H groups in total. The highest BCUT2D eigenvalue weighted by Gasteiger charge is 2.09. The van der Waals surface area contributed by atoms with Crippen molar-refractivity contribution in [3.05, 3.63) is 77.9 Å². The molecule has 1 amide bonds. The fraction of sp³-hybridized carbons (Fsp3) is 0.231. The summed E-state index contributed by atoms with van der Waals surface area (Å²) >= 11 is 1.68. The van der Waals surface area contributed by atoms with E-state index in [0.717, 1.165) is 28.2 Å². The van der Waals surface area contributed by atoms with Gasteiger partial charge in [-0.1, -0.05) is 32.0 Å². The Kier molecular flexibility index (Phi) is 6.33. The molecule has 0 saturated heterocycles. The molecule has 0 aliphatic rings. The summed E-state index contributed by atoms with van der Waals surface area (Å²) < 4.78 is 6.81. The van der Waals surface area contributed by atoms with Gasteiger partial charge < -0.3 is 10.1 Å². The first kappa shape index (κ1) is 21.1. The molecule has 4 rings (SSSR count). The van der Waals surface area contributed by atoms with E-state index < -0.39 is 0 Å². The number of carbonyl (C=O) groups excluding carboxylic acids is 1. The zero-order valence-corrected chi connectivity index (χ0v) is 18.8. The van der Waals surface area contributed by atoms with Gasteiger partial charge in [0.25, 0.3) is 5.91 Å². The van der Waals surface area contributed by atoms with E-state index in [-0.39, 0.29) is 12.5 Å². The lowest BCUT2D eigenvalue weighted by molar-refractivity contribution is -0.118. The molecule has 5 heteroatoms. The molecule has 3 aromatic carbocycles. The minimum absolute atomic E-state index is 0.0261. The first-order valence-corrected chi connectivity index (χ1v) is 11.3. The number of hydrogen-bond donors (Lipinski definition) is 1. The molecule has 0 radical (unpaired) electrons. The van der Waals surface area contributed by atoms with E-state index in [1.165, 1.54) is 15.8 Å². The number of nitrogens with zero attached hydrogens (tertiary/aromatic N) is 1. The highest BCUT2D eigenvalue weighted by molar-refractivity contribution is 7.21. The van der Waals surface area contributed by atoms with Gasteiger partial charge >= 0.3 is 0 Å². The molecule has 0 aliphatic carbocycles. The van der Waals surface area contributed by atoms with Gasteiger partial charge in [0.15, 0.2) is 6.61 Å². The predicted octanol–water partition coefficient (Wildman–Crippen LogP) is 6.80. The third-order valence-corrected chi connectivity index (χ3v) is 6.46. The molecule has 158 valence electrons. The summed E-state index contributed by atoms with van der Waals surface area (Å²) in [5, 5.41) is 3.86. The maximum absolute atomic E-state index is 12.3. The fourth-order valence-electron chi connectivity index (χ4n) is 3.33. The van der Waals surface area contributed by atoms with Crippen LogP contribution in [-0.4, -0.2) is 17.5 Å². The first-order chi connectivity index (χ1) is 15.0. The fourth-order valence-corrected chi connectivity index (χ4v) is 4.39. The summed E-state index contributed by atoms with van der Waals surface area (Å²) in [6.45, 7) is 6.43. The second kappa shape index (κ2) is 9.31. The maximum Gasteiger partial charge on any atom is 0.262 e. The summed E-state index contributed by atoms with van der Waals surface area (Å²) in [4.78, 5) is 17.0. The van der Waals surface area contributed by atoms with Gasteiger partial charge in [0.1, 0.15) is 10.8 Å². The summed E-state index contributed by atoms with van der Waals surface area (Å²) in [5.41, 5.74) is 5.30. The Labute approximate surface area is 186 Å². The van der Waals surface area contributed by atoms with Crippen molar-refractivity contribution in [2.45, 2.75) is 33.1 Å². The predicted molar refractivity (Wildman–Crippen MR) is 129 cm³/mol. The number of benzene rings is 3. The van der Waals surface area contributed by atoms with Crippen LogP contribution < -0.4 is 10.1 Å². The van der Waals surface area contributed by atoms with Crippen molar-refractivity contribution in [1.82, 2.24) is 4.98 Å². The van der Waals surface area contributed by atoms with Gasteiger partial charge in [0.2, 0.25) is 0 Å². The molecule has 4 nitrogen and oxygen atoms in total. The second-order valence-corrected chi connectivity index (χ2v) is 8.81. The number of fused-ring (bicyclic) bond motifs is 1. The normalized spacial score (nSPS) is 12.0. The number of carbonyl (C=O) groups is 1. The molecule has 31 heavy (non-hydrogen) atoms. The minimum atomic E-state index is -0.186. The number of ether oxygens (including phenoxy) is 1. The van der Waals surface area contributed by atoms with Crippen LogP contribution in [0.15, 0.2) is 66.7 Å². The Morgan fingerprint density at radius 1 is 1.06 bits per heavy atom. The summed E-state index contributed by atoms with van der Waals surface area (Å²) in [7, 11) is 0. The van der Waals surface area contributed by atoms with Gasteiger partial charge in [-0.25, -0.2) is 4.98 Å². The lowest BCUT2D eigenvalue weighted by Gasteiger charge is -2.11. The van der Waals surface area contributed by atoms with Crippen LogP contribution >= 0.6 is 11.3 Å². The number of thiazole rings is 1. The largest absolute Gasteiger partial charge is 0.484 e. The first-order valence-electron chi connectivity index (χ1n) is 10.5. The molecular weight excluding hydrogens is 404 g/mol. The molecule has 1 atom stereocenters. The molecule has 0 unspecified atom stereocenters. The number of nitrogens with one attached hydrogen (secondary N) is 1. The zero-order chi connectivity index (χ0) is 21.8. The molecule has 1 heterocycles. The second-order valence-electron chi connectivity index (χ2n) is 7.78. The number of amides is 1. The quantitative estimate of drug-likeness (QED) is 0.351. The average molecular weight is 431 g/mol. The van der Waals surface area contributed by atoms with Crippen LogP contribution in [-0.2, 0) is 4.79 Å². The van der Waals surface area contributed by atoms with Gasteiger partial charge in [0, 0.05) is 11.3 Å². The number of aryl methyl sites for hydroxylation is 1. The summed E-state index contributed by atoms with van der Waals surface area (Å²) in [6.07, 6.45) is 1.10. The standard InChI is InChI=1S/C26H26N2O2S/c1-4-18(3)19-8-12-22(13-9-19)30-16-25(29)27-21-10-6-20(7-11-21)26-28-23-14-5-17(2)15-24(23)31-26/h5-15,18H,4,16H2,1-3H3,(H,27,29)/t18-/m0/s1. The number of anilines is 1. The topological polar surface area (TPSA) is 51.2 Å². The monoisotopic (exact) mass is 430 g/mol. The smallest absolute Gasteiger partial charge is 0.262 e. The van der Waals surface area contributed by atoms with E-state index in [0.29, 0.717) is 11.7 Å². The molecule has 0 saturated carbocycles. The van der Waals surface area contributed by atoms with Crippen molar-refractivity contribution in [2.75, 3.05) is 11.9 Å². The molecule has 0 bridgehead atoms. The highest BCUT2D eigenvalue weighted by atomic mass is 32.1. The van der Waals surface area contributed by atoms with Crippen molar-refractivity contribution in [1.29, 1.82) is 0 Å². The van der Waals surface area contributed by atoms with Crippen molar-refractivity contribution >= 4 is 33.1 Å². The Bertz CT molecular complexity index is 1180. The van der Waals surface area contributed by atoms with Crippen LogP contribution in [0.2, 0.25) is 0 Å². The summed E-state index contributed by atoms with van der Waals surface area (Å²) in [5.74, 6) is 1.03. The Morgan fingerprint density at radius 3 is 2.52 bits per heavy atom. The van der Waals surface area contributed by atoms with E-state index in [1.54, 1.807) is 11.3 Å². The maximum atomic E-state index is 12.3. The van der Waals surface area contributed by atoms with Crippen molar-refractivity contribution in [3.8, 4) is 16.3 Å². The lowest BCUT2D eigenvalue weighted by Crippen LogP contribution is -2.20. The van der Waals surface area contributed by atoms with Crippen molar-refractivity contribution < 1.29 is 9.53 Å². The Hall–Kier alpha value is -3.18. The molecule has 1 aromatic heterocycles. The van der Waals surface area contributed by atoms with E-state index >= 15 is 0 Å². The Balaban J connectivity index is 1.34. The third kappa shape index (κ3) is 5.12. The van der Waals surface area contributed by atoms with Crippen molar-refractivity contribution in [2.24, 2.45) is 0 Å². The van der Waals surface area contributed by atoms with Gasteiger partial charge in [0.05, 0.1) is 10.2 Å². The number of rotatable bonds is 7. The van der Waals surface area contributed by atoms with E-state index in [2.05, 4.69) is 56.4 Å². The average Bonchev–Trinajstić information content (AvgIpc) is 3.21. The molecule has 0 aliphatic heterocycles. The minimum Gasteiger partial charge on any atom is -0.484 e. The van der Waals surface area contributed by atoms with Crippen LogP contribution in [0.1, 0.15) is 37.3 Å². The molecule has 4 aromatic rings. The van der Waals surface area contributed by atoms with Crippen LogP contribution in [0.3, 0.4) is 0 Å². The zero-order valence-electron chi connectivity index (χ0n) is 18.0. The highest BCUT2D eigenvalue weighted by Crippen LogP contribution is 2.31.